The second kappa shape index (κ2) is 6.91. The summed E-state index contributed by atoms with van der Waals surface area (Å²) in [6.07, 6.45) is 0.974. The number of carbonyl (C=O) groups excluding carboxylic acids is 1. The Bertz CT molecular complexity index is 982. The van der Waals surface area contributed by atoms with Crippen LogP contribution in [0.4, 0.5) is 10.1 Å². The normalized spacial score (nSPS) is 18.8. The average Bonchev–Trinajstić information content (AvgIpc) is 3.18. The van der Waals surface area contributed by atoms with Gasteiger partial charge in [0.15, 0.2) is 5.60 Å². The molecule has 0 saturated heterocycles. The van der Waals surface area contributed by atoms with Crippen LogP contribution in [0.3, 0.4) is 0 Å². The van der Waals surface area contributed by atoms with E-state index in [1.54, 1.807) is 28.4 Å². The van der Waals surface area contributed by atoms with Gasteiger partial charge in [0.1, 0.15) is 5.82 Å². The van der Waals surface area contributed by atoms with E-state index >= 15 is 0 Å². The lowest BCUT2D eigenvalue weighted by Crippen LogP contribution is -2.40. The van der Waals surface area contributed by atoms with E-state index in [1.165, 1.54) is 17.0 Å². The summed E-state index contributed by atoms with van der Waals surface area (Å²) < 4.78 is 13.2. The van der Waals surface area contributed by atoms with Gasteiger partial charge < -0.3 is 10.0 Å². The Balaban J connectivity index is 1.63. The molecule has 0 bridgehead atoms. The zero-order chi connectivity index (χ0) is 19.0. The number of amides is 1. The molecule has 2 heterocycles. The van der Waals surface area contributed by atoms with E-state index in [1.807, 2.05) is 37.3 Å². The molecule has 1 aromatic heterocycles. The average molecular weight is 381 g/mol. The highest BCUT2D eigenvalue weighted by Gasteiger charge is 2.49. The topological polar surface area (TPSA) is 40.5 Å². The fraction of sp³-hybridized carbons (Fsp3) is 0.227. The van der Waals surface area contributed by atoms with Crippen molar-refractivity contribution < 1.29 is 14.3 Å². The van der Waals surface area contributed by atoms with Crippen LogP contribution in [0.1, 0.15) is 27.3 Å². The Morgan fingerprint density at radius 2 is 1.81 bits per heavy atom. The molecule has 5 heteroatoms. The SMILES string of the molecule is Cc1ccc(CCC2(O)C(=O)N(Cc3ccc(F)cc3)c3ccccc32)s1. The fourth-order valence-electron chi connectivity index (χ4n) is 3.60. The zero-order valence-electron chi connectivity index (χ0n) is 15.0. The van der Waals surface area contributed by atoms with Crippen molar-refractivity contribution in [3.63, 3.8) is 0 Å². The Hall–Kier alpha value is -2.50. The number of nitrogens with zero attached hydrogens (tertiary/aromatic N) is 1. The van der Waals surface area contributed by atoms with Gasteiger partial charge in [-0.25, -0.2) is 4.39 Å². The number of aryl methyl sites for hydroxylation is 2. The van der Waals surface area contributed by atoms with Gasteiger partial charge in [0.25, 0.3) is 5.91 Å². The maximum absolute atomic E-state index is 13.2. The monoisotopic (exact) mass is 381 g/mol. The van der Waals surface area contributed by atoms with Crippen LogP contribution in [-0.4, -0.2) is 11.0 Å². The maximum atomic E-state index is 13.2. The quantitative estimate of drug-likeness (QED) is 0.704. The first-order chi connectivity index (χ1) is 13.0. The molecule has 1 aliphatic rings. The summed E-state index contributed by atoms with van der Waals surface area (Å²) in [5.41, 5.74) is 0.647. The number of fused-ring (bicyclic) bond motifs is 1. The van der Waals surface area contributed by atoms with Gasteiger partial charge >= 0.3 is 0 Å². The molecule has 0 radical (unpaired) electrons. The van der Waals surface area contributed by atoms with Crippen molar-refractivity contribution in [2.45, 2.75) is 31.9 Å². The molecule has 1 unspecified atom stereocenters. The minimum atomic E-state index is -1.53. The molecule has 0 aliphatic carbocycles. The van der Waals surface area contributed by atoms with Crippen LogP contribution in [0.15, 0.2) is 60.7 Å². The van der Waals surface area contributed by atoms with E-state index in [4.69, 9.17) is 0 Å². The van der Waals surface area contributed by atoms with E-state index in [2.05, 4.69) is 6.07 Å². The number of hydrogen-bond acceptors (Lipinski definition) is 3. The Kier molecular flexibility index (Phi) is 4.58. The molecule has 3 nitrogen and oxygen atoms in total. The highest BCUT2D eigenvalue weighted by molar-refractivity contribution is 7.11. The number of hydrogen-bond donors (Lipinski definition) is 1. The summed E-state index contributed by atoms with van der Waals surface area (Å²) >= 11 is 1.69. The van der Waals surface area contributed by atoms with E-state index in [-0.39, 0.29) is 11.7 Å². The van der Waals surface area contributed by atoms with E-state index in [0.717, 1.165) is 16.1 Å². The summed E-state index contributed by atoms with van der Waals surface area (Å²) in [5, 5.41) is 11.3. The van der Waals surface area contributed by atoms with E-state index < -0.39 is 5.60 Å². The molecule has 0 fully saturated rings. The first-order valence-corrected chi connectivity index (χ1v) is 9.72. The molecule has 1 aliphatic heterocycles. The van der Waals surface area contributed by atoms with Gasteiger partial charge in [0.05, 0.1) is 12.2 Å². The molecule has 27 heavy (non-hydrogen) atoms. The van der Waals surface area contributed by atoms with Crippen molar-refractivity contribution in [1.29, 1.82) is 0 Å². The molecule has 3 aromatic rings. The number of aliphatic hydroxyl groups is 1. The Labute approximate surface area is 161 Å². The molecule has 0 saturated carbocycles. The summed E-state index contributed by atoms with van der Waals surface area (Å²) in [5.74, 6) is -0.629. The number of halogens is 1. The molecule has 0 spiro atoms. The Morgan fingerprint density at radius 3 is 2.52 bits per heavy atom. The lowest BCUT2D eigenvalue weighted by atomic mass is 9.90. The molecule has 4 rings (SSSR count). The molecular formula is C22H20FNO2S. The van der Waals surface area contributed by atoms with Gasteiger partial charge in [-0.2, -0.15) is 0 Å². The number of thiophene rings is 1. The first kappa shape index (κ1) is 17.9. The van der Waals surface area contributed by atoms with Gasteiger partial charge in [-0.3, -0.25) is 4.79 Å². The van der Waals surface area contributed by atoms with Crippen molar-refractivity contribution in [1.82, 2.24) is 0 Å². The van der Waals surface area contributed by atoms with Crippen LogP contribution in [0.5, 0.6) is 0 Å². The molecule has 1 amide bonds. The standard InChI is InChI=1S/C22H20FNO2S/c1-15-6-11-18(27-15)12-13-22(26)19-4-2-3-5-20(19)24(21(22)25)14-16-7-9-17(23)10-8-16/h2-11,26H,12-14H2,1H3. The molecule has 1 atom stereocenters. The van der Waals surface area contributed by atoms with Crippen LogP contribution < -0.4 is 4.90 Å². The summed E-state index contributed by atoms with van der Waals surface area (Å²) in [7, 11) is 0. The van der Waals surface area contributed by atoms with E-state index in [9.17, 15) is 14.3 Å². The van der Waals surface area contributed by atoms with Crippen LogP contribution in [0.25, 0.3) is 0 Å². The largest absolute Gasteiger partial charge is 0.375 e. The summed E-state index contributed by atoms with van der Waals surface area (Å²) in [4.78, 5) is 17.2. The number of para-hydroxylation sites is 1. The third-order valence-electron chi connectivity index (χ3n) is 5.02. The van der Waals surface area contributed by atoms with E-state index in [0.29, 0.717) is 24.9 Å². The van der Waals surface area contributed by atoms with Crippen LogP contribution in [0, 0.1) is 12.7 Å². The van der Waals surface area contributed by atoms with Crippen molar-refractivity contribution in [2.24, 2.45) is 0 Å². The molecular weight excluding hydrogens is 361 g/mol. The second-order valence-corrected chi connectivity index (χ2v) is 8.28. The smallest absolute Gasteiger partial charge is 0.264 e. The number of rotatable bonds is 5. The Morgan fingerprint density at radius 1 is 1.07 bits per heavy atom. The minimum absolute atomic E-state index is 0.302. The lowest BCUT2D eigenvalue weighted by Gasteiger charge is -2.23. The minimum Gasteiger partial charge on any atom is -0.375 e. The van der Waals surface area contributed by atoms with Crippen LogP contribution in [-0.2, 0) is 23.4 Å². The van der Waals surface area contributed by atoms with Crippen molar-refractivity contribution in [2.75, 3.05) is 4.90 Å². The summed E-state index contributed by atoms with van der Waals surface area (Å²) in [6.45, 7) is 2.35. The van der Waals surface area contributed by atoms with Gasteiger partial charge in [0.2, 0.25) is 0 Å². The van der Waals surface area contributed by atoms with Crippen LogP contribution >= 0.6 is 11.3 Å². The van der Waals surface area contributed by atoms with Gasteiger partial charge in [-0.15, -0.1) is 11.3 Å². The maximum Gasteiger partial charge on any atom is 0.264 e. The summed E-state index contributed by atoms with van der Waals surface area (Å²) in [6, 6.07) is 17.6. The second-order valence-electron chi connectivity index (χ2n) is 6.91. The fourth-order valence-corrected chi connectivity index (χ4v) is 4.49. The van der Waals surface area contributed by atoms with Crippen molar-refractivity contribution in [3.05, 3.63) is 87.4 Å². The van der Waals surface area contributed by atoms with Gasteiger partial charge in [-0.05, 0) is 55.7 Å². The predicted molar refractivity (Wildman–Crippen MR) is 105 cm³/mol. The van der Waals surface area contributed by atoms with Gasteiger partial charge in [-0.1, -0.05) is 30.3 Å². The van der Waals surface area contributed by atoms with Crippen molar-refractivity contribution >= 4 is 22.9 Å². The first-order valence-electron chi connectivity index (χ1n) is 8.91. The van der Waals surface area contributed by atoms with Gasteiger partial charge in [0, 0.05) is 15.3 Å². The van der Waals surface area contributed by atoms with Crippen molar-refractivity contribution in [3.8, 4) is 0 Å². The zero-order valence-corrected chi connectivity index (χ0v) is 15.8. The third kappa shape index (κ3) is 3.29. The lowest BCUT2D eigenvalue weighted by molar-refractivity contribution is -0.136. The number of anilines is 1. The number of carbonyl (C=O) groups is 1. The molecule has 1 N–H and O–H groups in total. The molecule has 138 valence electrons. The number of benzene rings is 2. The molecule has 2 aromatic carbocycles. The highest BCUT2D eigenvalue weighted by atomic mass is 32.1. The predicted octanol–water partition coefficient (Wildman–Crippen LogP) is 4.56. The third-order valence-corrected chi connectivity index (χ3v) is 6.08. The van der Waals surface area contributed by atoms with Crippen LogP contribution in [0.2, 0.25) is 0 Å². The highest BCUT2D eigenvalue weighted by Crippen LogP contribution is 2.43.